The van der Waals surface area contributed by atoms with E-state index in [0.717, 1.165) is 19.4 Å². The Labute approximate surface area is 94.9 Å². The van der Waals surface area contributed by atoms with Crippen molar-refractivity contribution in [1.29, 1.82) is 0 Å². The molecule has 5 nitrogen and oxygen atoms in total. The van der Waals surface area contributed by atoms with Crippen LogP contribution in [0, 0.1) is 5.41 Å². The van der Waals surface area contributed by atoms with Gasteiger partial charge in [-0.05, 0) is 18.3 Å². The van der Waals surface area contributed by atoms with Crippen molar-refractivity contribution >= 4 is 5.82 Å². The Kier molecular flexibility index (Phi) is 4.49. The fourth-order valence-electron chi connectivity index (χ4n) is 1.44. The number of hydrogen-bond donors (Lipinski definition) is 3. The molecule has 0 aliphatic carbocycles. The number of anilines is 1. The van der Waals surface area contributed by atoms with E-state index in [1.54, 1.807) is 0 Å². The van der Waals surface area contributed by atoms with Crippen LogP contribution < -0.4 is 10.9 Å². The van der Waals surface area contributed by atoms with Gasteiger partial charge in [0.25, 0.3) is 5.56 Å². The molecule has 0 saturated carbocycles. The van der Waals surface area contributed by atoms with Crippen LogP contribution in [0.1, 0.15) is 26.7 Å². The Morgan fingerprint density at radius 2 is 2.31 bits per heavy atom. The molecular formula is C11H19N3O2. The molecule has 0 fully saturated rings. The normalized spacial score (nSPS) is 11.4. The maximum absolute atomic E-state index is 11.0. The average molecular weight is 225 g/mol. The predicted octanol–water partition coefficient (Wildman–Crippen LogP) is 0.980. The molecular weight excluding hydrogens is 206 g/mol. The van der Waals surface area contributed by atoms with Crippen molar-refractivity contribution in [2.24, 2.45) is 5.41 Å². The molecule has 0 aliphatic rings. The molecule has 0 spiro atoms. The molecule has 0 aromatic carbocycles. The lowest BCUT2D eigenvalue weighted by Crippen LogP contribution is -2.24. The first-order valence-electron chi connectivity index (χ1n) is 5.43. The molecule has 0 amide bonds. The van der Waals surface area contributed by atoms with E-state index in [1.807, 2.05) is 0 Å². The van der Waals surface area contributed by atoms with Crippen LogP contribution in [0.5, 0.6) is 0 Å². The van der Waals surface area contributed by atoms with Gasteiger partial charge in [0.1, 0.15) is 5.82 Å². The number of H-pyrrole nitrogens is 1. The number of aliphatic hydroxyl groups is 1. The summed E-state index contributed by atoms with van der Waals surface area (Å²) in [6.07, 6.45) is 3.10. The summed E-state index contributed by atoms with van der Waals surface area (Å²) in [7, 11) is 0. The highest BCUT2D eigenvalue weighted by atomic mass is 16.2. The van der Waals surface area contributed by atoms with Gasteiger partial charge in [-0.15, -0.1) is 0 Å². The Morgan fingerprint density at radius 1 is 1.56 bits per heavy atom. The molecule has 5 heteroatoms. The fraction of sp³-hybridized carbons (Fsp3) is 0.636. The monoisotopic (exact) mass is 225 g/mol. The van der Waals surface area contributed by atoms with Crippen LogP contribution in [0.4, 0.5) is 5.82 Å². The molecule has 1 aromatic rings. The molecule has 0 bridgehead atoms. The summed E-state index contributed by atoms with van der Waals surface area (Å²) in [5, 5.41) is 11.9. The lowest BCUT2D eigenvalue weighted by molar-refractivity contribution is 0.248. The Bertz CT molecular complexity index is 373. The maximum atomic E-state index is 11.0. The van der Waals surface area contributed by atoms with Crippen LogP contribution in [0.25, 0.3) is 0 Å². The highest BCUT2D eigenvalue weighted by molar-refractivity contribution is 5.31. The minimum atomic E-state index is -0.161. The SMILES string of the molecule is CC(C)(CCCO)CNc1cc(=O)[nH]cn1. The largest absolute Gasteiger partial charge is 0.396 e. The number of hydrogen-bond acceptors (Lipinski definition) is 4. The molecule has 0 aliphatic heterocycles. The van der Waals surface area contributed by atoms with Crippen LogP contribution in [0.15, 0.2) is 17.2 Å². The highest BCUT2D eigenvalue weighted by Gasteiger charge is 2.16. The summed E-state index contributed by atoms with van der Waals surface area (Å²) in [6.45, 7) is 5.17. The molecule has 0 atom stereocenters. The van der Waals surface area contributed by atoms with Crippen molar-refractivity contribution in [3.8, 4) is 0 Å². The Morgan fingerprint density at radius 3 is 2.94 bits per heavy atom. The topological polar surface area (TPSA) is 78.0 Å². The van der Waals surface area contributed by atoms with Crippen LogP contribution >= 0.6 is 0 Å². The molecule has 1 rings (SSSR count). The van der Waals surface area contributed by atoms with E-state index in [-0.39, 0.29) is 17.6 Å². The molecule has 1 aromatic heterocycles. The van der Waals surface area contributed by atoms with Crippen molar-refractivity contribution in [3.05, 3.63) is 22.7 Å². The first-order chi connectivity index (χ1) is 7.53. The number of aromatic nitrogens is 2. The van der Waals surface area contributed by atoms with Gasteiger partial charge in [-0.1, -0.05) is 13.8 Å². The summed E-state index contributed by atoms with van der Waals surface area (Å²) >= 11 is 0. The van der Waals surface area contributed by atoms with Crippen molar-refractivity contribution in [2.75, 3.05) is 18.5 Å². The van der Waals surface area contributed by atoms with Crippen molar-refractivity contribution in [1.82, 2.24) is 9.97 Å². The number of aliphatic hydroxyl groups excluding tert-OH is 1. The second-order valence-corrected chi connectivity index (χ2v) is 4.64. The third kappa shape index (κ3) is 4.44. The maximum Gasteiger partial charge on any atom is 0.252 e. The lowest BCUT2D eigenvalue weighted by Gasteiger charge is -2.24. The molecule has 3 N–H and O–H groups in total. The minimum absolute atomic E-state index is 0.0764. The number of nitrogens with zero attached hydrogens (tertiary/aromatic N) is 1. The van der Waals surface area contributed by atoms with Crippen LogP contribution in [-0.4, -0.2) is 28.2 Å². The van der Waals surface area contributed by atoms with Crippen LogP contribution in [0.3, 0.4) is 0 Å². The summed E-state index contributed by atoms with van der Waals surface area (Å²) in [6, 6.07) is 1.43. The van der Waals surface area contributed by atoms with Gasteiger partial charge in [-0.3, -0.25) is 4.79 Å². The van der Waals surface area contributed by atoms with Crippen molar-refractivity contribution in [3.63, 3.8) is 0 Å². The quantitative estimate of drug-likeness (QED) is 0.674. The third-order valence-corrected chi connectivity index (χ3v) is 2.44. The average Bonchev–Trinajstić information content (AvgIpc) is 2.24. The standard InChI is InChI=1S/C11H19N3O2/c1-11(2,4-3-5-15)7-12-9-6-10(16)14-8-13-9/h6,8,15H,3-5,7H2,1-2H3,(H2,12,13,14,16). The fourth-order valence-corrected chi connectivity index (χ4v) is 1.44. The Balaban J connectivity index is 2.47. The second kappa shape index (κ2) is 5.65. The van der Waals surface area contributed by atoms with Gasteiger partial charge in [0.15, 0.2) is 0 Å². The van der Waals surface area contributed by atoms with Gasteiger partial charge in [0, 0.05) is 19.2 Å². The van der Waals surface area contributed by atoms with Gasteiger partial charge in [-0.2, -0.15) is 0 Å². The van der Waals surface area contributed by atoms with E-state index in [4.69, 9.17) is 5.11 Å². The van der Waals surface area contributed by atoms with Crippen LogP contribution in [-0.2, 0) is 0 Å². The summed E-state index contributed by atoms with van der Waals surface area (Å²) in [4.78, 5) is 17.5. The van der Waals surface area contributed by atoms with Crippen molar-refractivity contribution < 1.29 is 5.11 Å². The van der Waals surface area contributed by atoms with E-state index in [0.29, 0.717) is 5.82 Å². The van der Waals surface area contributed by atoms with Gasteiger partial charge < -0.3 is 15.4 Å². The van der Waals surface area contributed by atoms with Gasteiger partial charge in [0.2, 0.25) is 0 Å². The predicted molar refractivity (Wildman–Crippen MR) is 63.4 cm³/mol. The lowest BCUT2D eigenvalue weighted by atomic mass is 9.88. The number of nitrogens with one attached hydrogen (secondary N) is 2. The van der Waals surface area contributed by atoms with E-state index in [1.165, 1.54) is 12.4 Å². The van der Waals surface area contributed by atoms with Crippen molar-refractivity contribution in [2.45, 2.75) is 26.7 Å². The molecule has 0 radical (unpaired) electrons. The molecule has 16 heavy (non-hydrogen) atoms. The van der Waals surface area contributed by atoms with Gasteiger partial charge >= 0.3 is 0 Å². The van der Waals surface area contributed by atoms with E-state index < -0.39 is 0 Å². The number of aromatic amines is 1. The zero-order valence-corrected chi connectivity index (χ0v) is 9.79. The highest BCUT2D eigenvalue weighted by Crippen LogP contribution is 2.22. The van der Waals surface area contributed by atoms with E-state index in [2.05, 4.69) is 29.1 Å². The van der Waals surface area contributed by atoms with Gasteiger partial charge in [0.05, 0.1) is 6.33 Å². The molecule has 0 saturated heterocycles. The Hall–Kier alpha value is -1.36. The second-order valence-electron chi connectivity index (χ2n) is 4.64. The zero-order valence-electron chi connectivity index (χ0n) is 9.79. The summed E-state index contributed by atoms with van der Waals surface area (Å²) < 4.78 is 0. The van der Waals surface area contributed by atoms with Gasteiger partial charge in [-0.25, -0.2) is 4.98 Å². The third-order valence-electron chi connectivity index (χ3n) is 2.44. The molecule has 1 heterocycles. The summed E-state index contributed by atoms with van der Waals surface area (Å²) in [5.41, 5.74) is -0.0850. The summed E-state index contributed by atoms with van der Waals surface area (Å²) in [5.74, 6) is 0.584. The van der Waals surface area contributed by atoms with Crippen LogP contribution in [0.2, 0.25) is 0 Å². The smallest absolute Gasteiger partial charge is 0.252 e. The van der Waals surface area contributed by atoms with E-state index in [9.17, 15) is 4.79 Å². The first kappa shape index (κ1) is 12.7. The minimum Gasteiger partial charge on any atom is -0.396 e. The molecule has 90 valence electrons. The molecule has 0 unspecified atom stereocenters. The number of rotatable bonds is 6. The zero-order chi connectivity index (χ0) is 12.0. The first-order valence-corrected chi connectivity index (χ1v) is 5.43. The van der Waals surface area contributed by atoms with E-state index >= 15 is 0 Å².